The Labute approximate surface area is 194 Å². The first kappa shape index (κ1) is 22.9. The molecule has 0 saturated carbocycles. The minimum atomic E-state index is -0.828. The average molecular weight is 466 g/mol. The molecular weight excluding hydrogens is 443 g/mol. The zero-order chi connectivity index (χ0) is 24.1. The van der Waals surface area contributed by atoms with Crippen LogP contribution in [0, 0.1) is 21.8 Å². The lowest BCUT2D eigenvalue weighted by Crippen LogP contribution is -2.36. The second-order valence-corrected chi connectivity index (χ2v) is 7.93. The zero-order valence-electron chi connectivity index (χ0n) is 18.1. The fourth-order valence-electron chi connectivity index (χ4n) is 3.83. The van der Waals surface area contributed by atoms with Gasteiger partial charge in [0.25, 0.3) is 0 Å². The predicted molar refractivity (Wildman–Crippen MR) is 125 cm³/mol. The van der Waals surface area contributed by atoms with Crippen molar-refractivity contribution < 1.29 is 19.2 Å². The third-order valence-electron chi connectivity index (χ3n) is 5.66. The number of nitrogens with one attached hydrogen (secondary N) is 2. The van der Waals surface area contributed by atoms with E-state index in [1.807, 2.05) is 11.0 Å². The fourth-order valence-corrected chi connectivity index (χ4v) is 3.83. The molecule has 34 heavy (non-hydrogen) atoms. The lowest BCUT2D eigenvalue weighted by molar-refractivity contribution is -0.384. The molecule has 0 bridgehead atoms. The summed E-state index contributed by atoms with van der Waals surface area (Å²) in [5, 5.41) is 26.6. The van der Waals surface area contributed by atoms with E-state index in [1.54, 1.807) is 30.6 Å². The maximum Gasteiger partial charge on any atom is 0.311 e. The molecule has 1 aliphatic rings. The highest BCUT2D eigenvalue weighted by molar-refractivity contribution is 5.71. The molecule has 0 atom stereocenters. The molecule has 0 unspecified atom stereocenters. The number of nitro groups is 1. The van der Waals surface area contributed by atoms with Crippen LogP contribution in [0.2, 0.25) is 0 Å². The summed E-state index contributed by atoms with van der Waals surface area (Å²) in [6.45, 7) is 1.32. The first-order chi connectivity index (χ1) is 16.4. The van der Waals surface area contributed by atoms with Crippen LogP contribution in [0.5, 0.6) is 0 Å². The second kappa shape index (κ2) is 10.1. The van der Waals surface area contributed by atoms with Gasteiger partial charge in [-0.1, -0.05) is 6.07 Å². The van der Waals surface area contributed by atoms with E-state index in [-0.39, 0.29) is 11.5 Å². The van der Waals surface area contributed by atoms with Crippen LogP contribution in [0.15, 0.2) is 54.9 Å². The largest absolute Gasteiger partial charge is 0.481 e. The van der Waals surface area contributed by atoms with Crippen LogP contribution in [0.25, 0.3) is 0 Å². The van der Waals surface area contributed by atoms with Gasteiger partial charge in [0, 0.05) is 43.8 Å². The van der Waals surface area contributed by atoms with Gasteiger partial charge < -0.3 is 20.6 Å². The molecule has 1 aliphatic heterocycles. The van der Waals surface area contributed by atoms with Crippen molar-refractivity contribution in [3.05, 3.63) is 76.4 Å². The average Bonchev–Trinajstić information content (AvgIpc) is 2.83. The summed E-state index contributed by atoms with van der Waals surface area (Å²) in [7, 11) is 0. The van der Waals surface area contributed by atoms with E-state index in [9.17, 15) is 19.3 Å². The van der Waals surface area contributed by atoms with E-state index in [0.29, 0.717) is 49.7 Å². The van der Waals surface area contributed by atoms with Gasteiger partial charge in [-0.3, -0.25) is 19.9 Å². The molecule has 1 saturated heterocycles. The highest BCUT2D eigenvalue weighted by atomic mass is 19.1. The Balaban J connectivity index is 1.49. The van der Waals surface area contributed by atoms with Crippen molar-refractivity contribution in [3.63, 3.8) is 0 Å². The number of carboxylic acids is 1. The third-order valence-corrected chi connectivity index (χ3v) is 5.66. The molecule has 3 aromatic rings. The summed E-state index contributed by atoms with van der Waals surface area (Å²) in [6.07, 6.45) is 4.26. The third kappa shape index (κ3) is 5.37. The van der Waals surface area contributed by atoms with Crippen molar-refractivity contribution in [2.24, 2.45) is 5.92 Å². The van der Waals surface area contributed by atoms with E-state index >= 15 is 0 Å². The molecule has 4 rings (SSSR count). The van der Waals surface area contributed by atoms with Crippen LogP contribution in [0.4, 0.5) is 33.1 Å². The number of aromatic nitrogens is 2. The van der Waals surface area contributed by atoms with Crippen molar-refractivity contribution in [2.75, 3.05) is 28.6 Å². The Morgan fingerprint density at radius 2 is 2.03 bits per heavy atom. The number of hydrogen-bond acceptors (Lipinski definition) is 8. The standard InChI is InChI=1S/C23H23FN6O4/c24-18-12-17(3-4-19(18)29-10-7-16(8-11-29)23(31)32)27-22-20(30(33)34)5-6-21(28-22)26-14-15-2-1-9-25-13-15/h1-6,9,12-13,16H,7-8,10-11,14H2,(H,31,32)(H2,26,27,28). The topological polar surface area (TPSA) is 134 Å². The van der Waals surface area contributed by atoms with E-state index in [1.165, 1.54) is 18.2 Å². The number of rotatable bonds is 8. The van der Waals surface area contributed by atoms with Gasteiger partial charge in [-0.25, -0.2) is 9.37 Å². The summed E-state index contributed by atoms with van der Waals surface area (Å²) in [4.78, 5) is 32.2. The highest BCUT2D eigenvalue weighted by Crippen LogP contribution is 2.31. The zero-order valence-corrected chi connectivity index (χ0v) is 18.1. The molecule has 0 radical (unpaired) electrons. The Morgan fingerprint density at radius 3 is 2.68 bits per heavy atom. The monoisotopic (exact) mass is 466 g/mol. The Kier molecular flexibility index (Phi) is 6.81. The lowest BCUT2D eigenvalue weighted by atomic mass is 9.96. The Hall–Kier alpha value is -4.28. The Bertz CT molecular complexity index is 1190. The fraction of sp³-hybridized carbons (Fsp3) is 0.261. The molecular formula is C23H23FN6O4. The van der Waals surface area contributed by atoms with Gasteiger partial charge in [0.1, 0.15) is 11.6 Å². The molecule has 10 nitrogen and oxygen atoms in total. The van der Waals surface area contributed by atoms with E-state index < -0.39 is 22.6 Å². The van der Waals surface area contributed by atoms with Gasteiger partial charge in [0.2, 0.25) is 5.82 Å². The van der Waals surface area contributed by atoms with E-state index in [0.717, 1.165) is 5.56 Å². The van der Waals surface area contributed by atoms with Gasteiger partial charge in [-0.15, -0.1) is 0 Å². The molecule has 0 amide bonds. The first-order valence-corrected chi connectivity index (χ1v) is 10.7. The number of carbonyl (C=O) groups is 1. The number of anilines is 4. The van der Waals surface area contributed by atoms with Gasteiger partial charge in [-0.05, 0) is 48.7 Å². The first-order valence-electron chi connectivity index (χ1n) is 10.7. The molecule has 11 heteroatoms. The summed E-state index contributed by atoms with van der Waals surface area (Å²) in [6, 6.07) is 11.0. The number of aliphatic carboxylic acids is 1. The summed E-state index contributed by atoms with van der Waals surface area (Å²) in [5.41, 5.74) is 1.35. The van der Waals surface area contributed by atoms with Crippen LogP contribution >= 0.6 is 0 Å². The molecule has 1 aromatic carbocycles. The van der Waals surface area contributed by atoms with Gasteiger partial charge in [-0.2, -0.15) is 0 Å². The minimum absolute atomic E-state index is 0.0180. The number of carboxylic acid groups (broad SMARTS) is 1. The molecule has 0 aliphatic carbocycles. The number of pyridine rings is 2. The number of piperidine rings is 1. The van der Waals surface area contributed by atoms with Crippen molar-refractivity contribution in [3.8, 4) is 0 Å². The quantitative estimate of drug-likeness (QED) is 0.330. The van der Waals surface area contributed by atoms with Crippen molar-refractivity contribution in [1.29, 1.82) is 0 Å². The van der Waals surface area contributed by atoms with Gasteiger partial charge >= 0.3 is 11.7 Å². The molecule has 3 N–H and O–H groups in total. The van der Waals surface area contributed by atoms with Gasteiger partial charge in [0.15, 0.2) is 0 Å². The van der Waals surface area contributed by atoms with Crippen LogP contribution in [0.1, 0.15) is 18.4 Å². The summed E-state index contributed by atoms with van der Waals surface area (Å²) < 4.78 is 14.9. The molecule has 1 fully saturated rings. The molecule has 3 heterocycles. The maximum absolute atomic E-state index is 14.9. The molecule has 176 valence electrons. The van der Waals surface area contributed by atoms with Crippen molar-refractivity contribution in [2.45, 2.75) is 19.4 Å². The predicted octanol–water partition coefficient (Wildman–Crippen LogP) is 4.18. The number of halogens is 1. The summed E-state index contributed by atoms with van der Waals surface area (Å²) >= 11 is 0. The molecule has 2 aromatic heterocycles. The summed E-state index contributed by atoms with van der Waals surface area (Å²) in [5.74, 6) is -1.35. The number of benzene rings is 1. The smallest absolute Gasteiger partial charge is 0.311 e. The van der Waals surface area contributed by atoms with Crippen LogP contribution in [-0.2, 0) is 11.3 Å². The van der Waals surface area contributed by atoms with Crippen LogP contribution in [0.3, 0.4) is 0 Å². The minimum Gasteiger partial charge on any atom is -0.481 e. The Morgan fingerprint density at radius 1 is 1.24 bits per heavy atom. The SMILES string of the molecule is O=C(O)C1CCN(c2ccc(Nc3nc(NCc4cccnc4)ccc3[N+](=O)[O-])cc2F)CC1. The lowest BCUT2D eigenvalue weighted by Gasteiger charge is -2.32. The highest BCUT2D eigenvalue weighted by Gasteiger charge is 2.26. The maximum atomic E-state index is 14.9. The van der Waals surface area contributed by atoms with Crippen molar-refractivity contribution in [1.82, 2.24) is 9.97 Å². The number of nitrogens with zero attached hydrogens (tertiary/aromatic N) is 4. The second-order valence-electron chi connectivity index (χ2n) is 7.93. The normalized spacial score (nSPS) is 14.0. The van der Waals surface area contributed by atoms with Crippen LogP contribution in [-0.4, -0.2) is 39.1 Å². The van der Waals surface area contributed by atoms with Crippen LogP contribution < -0.4 is 15.5 Å². The van der Waals surface area contributed by atoms with Gasteiger partial charge in [0.05, 0.1) is 16.5 Å². The van der Waals surface area contributed by atoms with Crippen molar-refractivity contribution >= 4 is 34.7 Å². The number of hydrogen-bond donors (Lipinski definition) is 3. The van der Waals surface area contributed by atoms with E-state index in [4.69, 9.17) is 5.11 Å². The van der Waals surface area contributed by atoms with E-state index in [2.05, 4.69) is 20.6 Å². The molecule has 0 spiro atoms.